The van der Waals surface area contributed by atoms with Crippen LogP contribution in [0.1, 0.15) is 23.1 Å². The van der Waals surface area contributed by atoms with E-state index in [1.807, 2.05) is 43.3 Å². The number of amides is 1. The predicted molar refractivity (Wildman–Crippen MR) is 88.6 cm³/mol. The Morgan fingerprint density at radius 1 is 1.13 bits per heavy atom. The maximum Gasteiger partial charge on any atom is 0.276 e. The smallest absolute Gasteiger partial charge is 0.276 e. The molecule has 2 heterocycles. The molecule has 3 aromatic rings. The zero-order valence-electron chi connectivity index (χ0n) is 12.8. The van der Waals surface area contributed by atoms with Crippen LogP contribution in [0.2, 0.25) is 0 Å². The van der Waals surface area contributed by atoms with Crippen molar-refractivity contribution in [1.82, 2.24) is 19.9 Å². The van der Waals surface area contributed by atoms with Crippen molar-refractivity contribution in [3.63, 3.8) is 0 Å². The molecule has 0 atom stereocenters. The van der Waals surface area contributed by atoms with Crippen LogP contribution in [0, 0.1) is 0 Å². The van der Waals surface area contributed by atoms with Gasteiger partial charge in [0.15, 0.2) is 11.5 Å². The zero-order valence-corrected chi connectivity index (χ0v) is 12.8. The fraction of sp³-hybridized carbons (Fsp3) is 0.176. The van der Waals surface area contributed by atoms with Gasteiger partial charge in [0.25, 0.3) is 5.91 Å². The molecule has 0 spiro atoms. The van der Waals surface area contributed by atoms with Gasteiger partial charge in [-0.05, 0) is 19.1 Å². The van der Waals surface area contributed by atoms with E-state index in [4.69, 9.17) is 5.73 Å². The van der Waals surface area contributed by atoms with Crippen molar-refractivity contribution in [3.8, 4) is 0 Å². The summed E-state index contributed by atoms with van der Waals surface area (Å²) in [7, 11) is 0. The summed E-state index contributed by atoms with van der Waals surface area (Å²) in [5, 5.41) is 1.07. The van der Waals surface area contributed by atoms with Crippen LogP contribution in [0.3, 0.4) is 0 Å². The lowest BCUT2D eigenvalue weighted by Gasteiger charge is -2.20. The molecule has 2 aromatic heterocycles. The molecule has 3 rings (SSSR count). The molecule has 0 radical (unpaired) electrons. The number of carbonyl (C=O) groups excluding carboxylic acids is 1. The summed E-state index contributed by atoms with van der Waals surface area (Å²) >= 11 is 0. The van der Waals surface area contributed by atoms with Crippen LogP contribution in [0.4, 0.5) is 5.82 Å². The van der Waals surface area contributed by atoms with E-state index in [0.29, 0.717) is 13.1 Å². The summed E-state index contributed by atoms with van der Waals surface area (Å²) in [6, 6.07) is 11.8. The third-order valence-corrected chi connectivity index (χ3v) is 3.61. The van der Waals surface area contributed by atoms with Gasteiger partial charge >= 0.3 is 0 Å². The Morgan fingerprint density at radius 3 is 2.70 bits per heavy atom. The van der Waals surface area contributed by atoms with Crippen LogP contribution >= 0.6 is 0 Å². The van der Waals surface area contributed by atoms with E-state index >= 15 is 0 Å². The second kappa shape index (κ2) is 6.39. The summed E-state index contributed by atoms with van der Waals surface area (Å²) in [4.78, 5) is 26.8. The predicted octanol–water partition coefficient (Wildman–Crippen LogP) is 2.27. The third-order valence-electron chi connectivity index (χ3n) is 3.61. The van der Waals surface area contributed by atoms with Crippen LogP contribution in [0.15, 0.2) is 48.8 Å². The van der Waals surface area contributed by atoms with E-state index in [2.05, 4.69) is 15.0 Å². The molecular weight excluding hydrogens is 290 g/mol. The Hall–Kier alpha value is -3.02. The number of benzene rings is 1. The molecule has 6 heteroatoms. The minimum atomic E-state index is -0.243. The van der Waals surface area contributed by atoms with Crippen molar-refractivity contribution < 1.29 is 4.79 Å². The number of carbonyl (C=O) groups is 1. The fourth-order valence-corrected chi connectivity index (χ4v) is 2.38. The van der Waals surface area contributed by atoms with Crippen molar-refractivity contribution in [2.45, 2.75) is 13.5 Å². The number of anilines is 1. The van der Waals surface area contributed by atoms with Crippen molar-refractivity contribution in [1.29, 1.82) is 0 Å². The lowest BCUT2D eigenvalue weighted by Crippen LogP contribution is -2.32. The lowest BCUT2D eigenvalue weighted by atomic mass is 10.2. The number of fused-ring (bicyclic) bond motifs is 1. The fourth-order valence-electron chi connectivity index (χ4n) is 2.38. The number of nitrogens with zero attached hydrogens (tertiary/aromatic N) is 4. The maximum absolute atomic E-state index is 12.6. The third kappa shape index (κ3) is 3.11. The van der Waals surface area contributed by atoms with E-state index < -0.39 is 0 Å². The lowest BCUT2D eigenvalue weighted by molar-refractivity contribution is 0.0745. The van der Waals surface area contributed by atoms with Crippen LogP contribution in [0.25, 0.3) is 10.9 Å². The molecule has 0 unspecified atom stereocenters. The number of para-hydroxylation sites is 1. The molecule has 0 aliphatic carbocycles. The maximum atomic E-state index is 12.6. The van der Waals surface area contributed by atoms with E-state index in [1.165, 1.54) is 12.4 Å². The topological polar surface area (TPSA) is 85.0 Å². The number of hydrogen-bond donors (Lipinski definition) is 1. The average molecular weight is 307 g/mol. The molecule has 1 amide bonds. The first-order valence-corrected chi connectivity index (χ1v) is 7.39. The van der Waals surface area contributed by atoms with Gasteiger partial charge in [-0.2, -0.15) is 0 Å². The van der Waals surface area contributed by atoms with Gasteiger partial charge in [-0.1, -0.05) is 24.3 Å². The Balaban J connectivity index is 1.86. The Bertz CT molecular complexity index is 849. The van der Waals surface area contributed by atoms with E-state index in [1.54, 1.807) is 4.90 Å². The molecule has 0 saturated carbocycles. The largest absolute Gasteiger partial charge is 0.382 e. The van der Waals surface area contributed by atoms with E-state index in [0.717, 1.165) is 16.6 Å². The van der Waals surface area contributed by atoms with Gasteiger partial charge in [0, 0.05) is 24.3 Å². The molecule has 0 aliphatic heterocycles. The Morgan fingerprint density at radius 2 is 1.91 bits per heavy atom. The molecule has 0 aliphatic rings. The average Bonchev–Trinajstić information content (AvgIpc) is 2.59. The number of nitrogens with two attached hydrogens (primary N) is 1. The number of pyridine rings is 1. The minimum absolute atomic E-state index is 0.141. The highest BCUT2D eigenvalue weighted by molar-refractivity contribution is 5.96. The SMILES string of the molecule is CCN(Cc1ccc2ccccc2n1)C(=O)c1nccnc1N. The molecule has 0 fully saturated rings. The first-order valence-electron chi connectivity index (χ1n) is 7.39. The Kier molecular flexibility index (Phi) is 4.14. The molecule has 0 saturated heterocycles. The van der Waals surface area contributed by atoms with Gasteiger partial charge in [0.2, 0.25) is 0 Å². The highest BCUT2D eigenvalue weighted by Crippen LogP contribution is 2.15. The van der Waals surface area contributed by atoms with Crippen LogP contribution < -0.4 is 5.73 Å². The normalized spacial score (nSPS) is 10.7. The summed E-state index contributed by atoms with van der Waals surface area (Å²) < 4.78 is 0. The van der Waals surface area contributed by atoms with Gasteiger partial charge in [-0.15, -0.1) is 0 Å². The van der Waals surface area contributed by atoms with Crippen molar-refractivity contribution >= 4 is 22.6 Å². The highest BCUT2D eigenvalue weighted by atomic mass is 16.2. The second-order valence-electron chi connectivity index (χ2n) is 5.10. The summed E-state index contributed by atoms with van der Waals surface area (Å²) in [5.74, 6) is -0.101. The molecule has 2 N–H and O–H groups in total. The van der Waals surface area contributed by atoms with Crippen molar-refractivity contribution in [2.75, 3.05) is 12.3 Å². The zero-order chi connectivity index (χ0) is 16.2. The highest BCUT2D eigenvalue weighted by Gasteiger charge is 2.19. The quantitative estimate of drug-likeness (QED) is 0.799. The number of aromatic nitrogens is 3. The summed E-state index contributed by atoms with van der Waals surface area (Å²) in [6.45, 7) is 2.84. The Labute approximate surface area is 134 Å². The number of rotatable bonds is 4. The molecular formula is C17H17N5O. The molecule has 0 bridgehead atoms. The van der Waals surface area contributed by atoms with Crippen LogP contribution in [0.5, 0.6) is 0 Å². The van der Waals surface area contributed by atoms with Gasteiger partial charge < -0.3 is 10.6 Å². The van der Waals surface area contributed by atoms with Gasteiger partial charge in [-0.25, -0.2) is 9.97 Å². The van der Waals surface area contributed by atoms with Crippen LogP contribution in [-0.2, 0) is 6.54 Å². The van der Waals surface area contributed by atoms with E-state index in [-0.39, 0.29) is 17.4 Å². The number of hydrogen-bond acceptors (Lipinski definition) is 5. The molecule has 23 heavy (non-hydrogen) atoms. The summed E-state index contributed by atoms with van der Waals surface area (Å²) in [5.41, 5.74) is 7.65. The minimum Gasteiger partial charge on any atom is -0.382 e. The molecule has 6 nitrogen and oxygen atoms in total. The monoisotopic (exact) mass is 307 g/mol. The van der Waals surface area contributed by atoms with Gasteiger partial charge in [0.1, 0.15) is 0 Å². The standard InChI is InChI=1S/C17H17N5O/c1-2-22(17(23)15-16(18)20-10-9-19-15)11-13-8-7-12-5-3-4-6-14(12)21-13/h3-10H,2,11H2,1H3,(H2,18,20). The van der Waals surface area contributed by atoms with Crippen LogP contribution in [-0.4, -0.2) is 32.3 Å². The second-order valence-corrected chi connectivity index (χ2v) is 5.10. The molecule has 1 aromatic carbocycles. The molecule has 116 valence electrons. The van der Waals surface area contributed by atoms with Crippen molar-refractivity contribution in [3.05, 3.63) is 60.2 Å². The van der Waals surface area contributed by atoms with Gasteiger partial charge in [0.05, 0.1) is 17.8 Å². The van der Waals surface area contributed by atoms with Crippen molar-refractivity contribution in [2.24, 2.45) is 0 Å². The summed E-state index contributed by atoms with van der Waals surface area (Å²) in [6.07, 6.45) is 2.93. The van der Waals surface area contributed by atoms with Gasteiger partial charge in [-0.3, -0.25) is 9.78 Å². The van der Waals surface area contributed by atoms with E-state index in [9.17, 15) is 4.79 Å². The first-order chi connectivity index (χ1) is 11.2. The first kappa shape index (κ1) is 14.9. The number of nitrogen functional groups attached to an aromatic ring is 1.